The van der Waals surface area contributed by atoms with Gasteiger partial charge in [-0.1, -0.05) is 34.1 Å². The topological polar surface area (TPSA) is 43.1 Å². The van der Waals surface area contributed by atoms with Gasteiger partial charge in [0.15, 0.2) is 0 Å². The molecule has 0 bridgehead atoms. The van der Waals surface area contributed by atoms with Gasteiger partial charge in [0.1, 0.15) is 0 Å². The second-order valence-corrected chi connectivity index (χ2v) is 3.81. The van der Waals surface area contributed by atoms with Crippen molar-refractivity contribution in [3.63, 3.8) is 0 Å². The van der Waals surface area contributed by atoms with E-state index in [1.165, 1.54) is 0 Å². The van der Waals surface area contributed by atoms with Crippen molar-refractivity contribution < 1.29 is 4.92 Å². The molecule has 0 aromatic rings. The lowest BCUT2D eigenvalue weighted by Gasteiger charge is -2.22. The van der Waals surface area contributed by atoms with E-state index in [1.54, 1.807) is 0 Å². The van der Waals surface area contributed by atoms with E-state index >= 15 is 0 Å². The van der Waals surface area contributed by atoms with Crippen LogP contribution in [-0.2, 0) is 0 Å². The molecule has 0 unspecified atom stereocenters. The minimum absolute atomic E-state index is 0.118. The van der Waals surface area contributed by atoms with Gasteiger partial charge in [0.2, 0.25) is 6.54 Å². The largest absolute Gasteiger partial charge is 0.265 e. The Kier molecular flexibility index (Phi) is 4.86. The van der Waals surface area contributed by atoms with E-state index in [-0.39, 0.29) is 17.4 Å². The molecule has 0 radical (unpaired) electrons. The molecular formula is C9H19NO2. The minimum atomic E-state index is -0.198. The molecule has 0 aliphatic rings. The van der Waals surface area contributed by atoms with Crippen LogP contribution in [0.15, 0.2) is 0 Å². The molecule has 0 saturated carbocycles. The van der Waals surface area contributed by atoms with Gasteiger partial charge >= 0.3 is 0 Å². The van der Waals surface area contributed by atoms with Gasteiger partial charge in [-0.2, -0.15) is 0 Å². The maximum Gasteiger partial charge on any atom is 0.207 e. The molecule has 0 fully saturated rings. The number of nitro groups is 1. The van der Waals surface area contributed by atoms with Gasteiger partial charge in [0.25, 0.3) is 0 Å². The Morgan fingerprint density at radius 1 is 1.33 bits per heavy atom. The minimum Gasteiger partial charge on any atom is -0.265 e. The first-order chi connectivity index (χ1) is 5.49. The van der Waals surface area contributed by atoms with Crippen molar-refractivity contribution in [1.82, 2.24) is 0 Å². The van der Waals surface area contributed by atoms with E-state index in [4.69, 9.17) is 0 Å². The zero-order chi connectivity index (χ0) is 9.72. The van der Waals surface area contributed by atoms with Crippen molar-refractivity contribution in [1.29, 1.82) is 0 Å². The average molecular weight is 173 g/mol. The third-order valence-corrected chi connectivity index (χ3v) is 2.59. The van der Waals surface area contributed by atoms with Gasteiger partial charge in [-0.05, 0) is 11.8 Å². The van der Waals surface area contributed by atoms with Crippen LogP contribution < -0.4 is 0 Å². The van der Waals surface area contributed by atoms with E-state index in [0.29, 0.717) is 11.8 Å². The summed E-state index contributed by atoms with van der Waals surface area (Å²) in [4.78, 5) is 10.1. The van der Waals surface area contributed by atoms with Crippen LogP contribution in [0.1, 0.15) is 34.1 Å². The predicted molar refractivity (Wildman–Crippen MR) is 49.6 cm³/mol. The molecule has 0 aliphatic heterocycles. The van der Waals surface area contributed by atoms with Crippen molar-refractivity contribution in [3.8, 4) is 0 Å². The third-order valence-electron chi connectivity index (χ3n) is 2.59. The summed E-state index contributed by atoms with van der Waals surface area (Å²) in [6, 6.07) is 0. The van der Waals surface area contributed by atoms with Crippen LogP contribution >= 0.6 is 0 Å². The fourth-order valence-electron chi connectivity index (χ4n) is 1.52. The van der Waals surface area contributed by atoms with E-state index in [0.717, 1.165) is 6.42 Å². The number of hydrogen-bond acceptors (Lipinski definition) is 2. The normalized spacial score (nSPS) is 16.1. The van der Waals surface area contributed by atoms with Gasteiger partial charge in [-0.3, -0.25) is 10.1 Å². The quantitative estimate of drug-likeness (QED) is 0.473. The Morgan fingerprint density at radius 3 is 2.08 bits per heavy atom. The van der Waals surface area contributed by atoms with Crippen LogP contribution in [0, 0.1) is 27.9 Å². The molecule has 72 valence electrons. The lowest BCUT2D eigenvalue weighted by atomic mass is 9.83. The van der Waals surface area contributed by atoms with Crippen molar-refractivity contribution >= 4 is 0 Å². The zero-order valence-electron chi connectivity index (χ0n) is 8.41. The average Bonchev–Trinajstić information content (AvgIpc) is 1.98. The smallest absolute Gasteiger partial charge is 0.207 e. The summed E-state index contributed by atoms with van der Waals surface area (Å²) in [7, 11) is 0. The first-order valence-electron chi connectivity index (χ1n) is 4.60. The molecule has 0 aliphatic carbocycles. The molecule has 0 amide bonds. The van der Waals surface area contributed by atoms with E-state index in [2.05, 4.69) is 27.7 Å². The van der Waals surface area contributed by atoms with Crippen molar-refractivity contribution in [2.45, 2.75) is 34.1 Å². The lowest BCUT2D eigenvalue weighted by Crippen LogP contribution is -2.25. The lowest BCUT2D eigenvalue weighted by molar-refractivity contribution is -0.491. The molecule has 12 heavy (non-hydrogen) atoms. The Balaban J connectivity index is 4.12. The summed E-state index contributed by atoms with van der Waals surface area (Å²) in [6.07, 6.45) is 1.02. The van der Waals surface area contributed by atoms with Crippen LogP contribution in [-0.4, -0.2) is 11.5 Å². The molecule has 3 heteroatoms. The summed E-state index contributed by atoms with van der Waals surface area (Å²) in [5.41, 5.74) is 0. The Morgan fingerprint density at radius 2 is 1.83 bits per heavy atom. The molecule has 0 aromatic carbocycles. The van der Waals surface area contributed by atoms with Gasteiger partial charge in [-0.25, -0.2) is 0 Å². The second kappa shape index (κ2) is 5.12. The SMILES string of the molecule is CC[C@H](C)[C@@H](C[N+](=O)[O-])C(C)C. The molecule has 3 nitrogen and oxygen atoms in total. The summed E-state index contributed by atoms with van der Waals surface area (Å²) in [6.45, 7) is 8.40. The molecule has 0 saturated heterocycles. The molecule has 2 atom stereocenters. The number of hydrogen-bond donors (Lipinski definition) is 0. The highest BCUT2D eigenvalue weighted by molar-refractivity contribution is 4.67. The predicted octanol–water partition coefficient (Wildman–Crippen LogP) is 2.58. The fourth-order valence-corrected chi connectivity index (χ4v) is 1.52. The zero-order valence-corrected chi connectivity index (χ0v) is 8.41. The first-order valence-corrected chi connectivity index (χ1v) is 4.60. The Bertz CT molecular complexity index is 145. The molecule has 0 spiro atoms. The van der Waals surface area contributed by atoms with E-state index < -0.39 is 0 Å². The summed E-state index contributed by atoms with van der Waals surface area (Å²) in [5.74, 6) is 1.09. The highest BCUT2D eigenvalue weighted by Crippen LogP contribution is 2.23. The van der Waals surface area contributed by atoms with Crippen LogP contribution in [0.4, 0.5) is 0 Å². The Hall–Kier alpha value is -0.600. The third kappa shape index (κ3) is 3.69. The van der Waals surface area contributed by atoms with Gasteiger partial charge in [-0.15, -0.1) is 0 Å². The summed E-state index contributed by atoms with van der Waals surface area (Å²) >= 11 is 0. The molecular weight excluding hydrogens is 154 g/mol. The highest BCUT2D eigenvalue weighted by atomic mass is 16.6. The first kappa shape index (κ1) is 11.4. The van der Waals surface area contributed by atoms with Crippen molar-refractivity contribution in [2.24, 2.45) is 17.8 Å². The summed E-state index contributed by atoms with van der Waals surface area (Å²) < 4.78 is 0. The Labute approximate surface area is 74.3 Å². The van der Waals surface area contributed by atoms with E-state index in [1.807, 2.05) is 0 Å². The summed E-state index contributed by atoms with van der Waals surface area (Å²) in [5, 5.41) is 10.3. The standard InChI is InChI=1S/C9H19NO2/c1-5-8(4)9(7(2)3)6-10(11)12/h7-9H,5-6H2,1-4H3/t8-,9-/m0/s1. The van der Waals surface area contributed by atoms with Gasteiger partial charge in [0, 0.05) is 10.8 Å². The van der Waals surface area contributed by atoms with Gasteiger partial charge < -0.3 is 0 Å². The molecule has 0 heterocycles. The molecule has 0 aromatic heterocycles. The second-order valence-electron chi connectivity index (χ2n) is 3.81. The van der Waals surface area contributed by atoms with Crippen LogP contribution in [0.3, 0.4) is 0 Å². The highest BCUT2D eigenvalue weighted by Gasteiger charge is 2.24. The molecule has 0 N–H and O–H groups in total. The van der Waals surface area contributed by atoms with Crippen LogP contribution in [0.5, 0.6) is 0 Å². The maximum atomic E-state index is 10.3. The maximum absolute atomic E-state index is 10.3. The van der Waals surface area contributed by atoms with Gasteiger partial charge in [0.05, 0.1) is 0 Å². The van der Waals surface area contributed by atoms with Crippen LogP contribution in [0.2, 0.25) is 0 Å². The monoisotopic (exact) mass is 173 g/mol. The number of nitrogens with zero attached hydrogens (tertiary/aromatic N) is 1. The molecule has 0 rings (SSSR count). The van der Waals surface area contributed by atoms with E-state index in [9.17, 15) is 10.1 Å². The van der Waals surface area contributed by atoms with Crippen molar-refractivity contribution in [3.05, 3.63) is 10.1 Å². The van der Waals surface area contributed by atoms with Crippen molar-refractivity contribution in [2.75, 3.05) is 6.54 Å². The number of rotatable bonds is 5. The fraction of sp³-hybridized carbons (Fsp3) is 1.00. The van der Waals surface area contributed by atoms with Crippen LogP contribution in [0.25, 0.3) is 0 Å².